The zero-order valence-electron chi connectivity index (χ0n) is 21.0. The number of piperidine rings is 3. The van der Waals surface area contributed by atoms with Crippen molar-refractivity contribution < 1.29 is 36.0 Å². The topological polar surface area (TPSA) is 38.7 Å². The third-order valence-electron chi connectivity index (χ3n) is 8.90. The van der Waals surface area contributed by atoms with Crippen molar-refractivity contribution in [1.82, 2.24) is 0 Å². The molecule has 3 saturated heterocycles. The summed E-state index contributed by atoms with van der Waals surface area (Å²) in [5, 5.41) is 12.0. The summed E-state index contributed by atoms with van der Waals surface area (Å²) in [4.78, 5) is 0. The normalized spacial score (nSPS) is 28.1. The van der Waals surface area contributed by atoms with E-state index in [4.69, 9.17) is 9.47 Å². The largest absolute Gasteiger partial charge is 1.00 e. The second-order valence-corrected chi connectivity index (χ2v) is 11.0. The molecular weight excluding hydrogens is 502 g/mol. The zero-order valence-corrected chi connectivity index (χ0v) is 22.6. The summed E-state index contributed by atoms with van der Waals surface area (Å²) in [6.07, 6.45) is 9.76. The molecule has 1 N–H and O–H groups in total. The number of nitrogens with zero attached hydrogens (tertiary/aromatic N) is 1. The first-order valence-corrected chi connectivity index (χ1v) is 13.6. The van der Waals surface area contributed by atoms with Gasteiger partial charge in [0.1, 0.15) is 24.0 Å². The number of hydrogen-bond donors (Lipinski definition) is 1. The molecule has 2 aromatic rings. The number of aliphatic hydroxyl groups is 1. The van der Waals surface area contributed by atoms with Crippen molar-refractivity contribution in [2.24, 2.45) is 11.8 Å². The average molecular weight is 545 g/mol. The number of halogens is 1. The minimum Gasteiger partial charge on any atom is -1.00 e. The first-order valence-electron chi connectivity index (χ1n) is 13.6. The van der Waals surface area contributed by atoms with Gasteiger partial charge in [0.2, 0.25) is 0 Å². The molecule has 3 aliphatic heterocycles. The molecule has 4 fully saturated rings. The zero-order chi connectivity index (χ0) is 23.3. The third kappa shape index (κ3) is 6.30. The van der Waals surface area contributed by atoms with Crippen molar-refractivity contribution in [1.29, 1.82) is 0 Å². The van der Waals surface area contributed by atoms with Crippen LogP contribution in [0, 0.1) is 11.8 Å². The van der Waals surface area contributed by atoms with E-state index in [1.54, 1.807) is 0 Å². The van der Waals surface area contributed by atoms with E-state index >= 15 is 0 Å². The van der Waals surface area contributed by atoms with Gasteiger partial charge in [-0.05, 0) is 36.5 Å². The van der Waals surface area contributed by atoms with Gasteiger partial charge in [-0.25, -0.2) is 0 Å². The van der Waals surface area contributed by atoms with Crippen molar-refractivity contribution in [3.63, 3.8) is 0 Å². The molecule has 35 heavy (non-hydrogen) atoms. The van der Waals surface area contributed by atoms with Crippen molar-refractivity contribution in [3.8, 4) is 5.75 Å². The van der Waals surface area contributed by atoms with Crippen LogP contribution in [0.25, 0.3) is 0 Å². The standard InChI is InChI=1S/C30H42NO3.BrH/c32-30(26-11-4-1-5-12-26,27-13-6-2-7-14-27)24-34-29-23-31(20-17-25(29)18-21-31)19-10-22-33-28-15-8-3-9-16-28;/h1,3-5,8-9,11-12,15-16,25,27,29,32H,2,6-7,10,13-14,17-24H2;1H/q+1;/p-1/t25?,29?,30-,31?;/m0./s1. The highest BCUT2D eigenvalue weighted by Crippen LogP contribution is 2.42. The number of quaternary nitrogens is 1. The fourth-order valence-corrected chi connectivity index (χ4v) is 6.81. The number of fused-ring (bicyclic) bond motifs is 3. The van der Waals surface area contributed by atoms with E-state index in [1.807, 2.05) is 36.4 Å². The molecular formula is C30H42BrNO3. The van der Waals surface area contributed by atoms with Crippen LogP contribution in [0.5, 0.6) is 5.75 Å². The van der Waals surface area contributed by atoms with Gasteiger partial charge >= 0.3 is 0 Å². The molecule has 2 aromatic carbocycles. The monoisotopic (exact) mass is 543 g/mol. The Balaban J connectivity index is 0.00000289. The van der Waals surface area contributed by atoms with Crippen LogP contribution in [0.2, 0.25) is 0 Å². The van der Waals surface area contributed by atoms with Gasteiger partial charge in [-0.3, -0.25) is 0 Å². The molecule has 1 saturated carbocycles. The predicted molar refractivity (Wildman–Crippen MR) is 136 cm³/mol. The molecule has 4 aliphatic rings. The molecule has 192 valence electrons. The lowest BCUT2D eigenvalue weighted by atomic mass is 9.73. The Kier molecular flexibility index (Phi) is 9.31. The lowest BCUT2D eigenvalue weighted by Gasteiger charge is -2.53. The fourth-order valence-electron chi connectivity index (χ4n) is 6.81. The van der Waals surface area contributed by atoms with Crippen LogP contribution in [0.1, 0.15) is 56.9 Å². The van der Waals surface area contributed by atoms with E-state index in [-0.39, 0.29) is 23.1 Å². The van der Waals surface area contributed by atoms with Gasteiger partial charge in [0, 0.05) is 25.2 Å². The Labute approximate surface area is 222 Å². The second-order valence-electron chi connectivity index (χ2n) is 11.0. The smallest absolute Gasteiger partial charge is 0.119 e. The van der Waals surface area contributed by atoms with E-state index in [2.05, 4.69) is 24.3 Å². The molecule has 0 spiro atoms. The molecule has 0 aromatic heterocycles. The molecule has 0 radical (unpaired) electrons. The lowest BCUT2D eigenvalue weighted by Crippen LogP contribution is -3.00. The summed E-state index contributed by atoms with van der Waals surface area (Å²) in [6.45, 7) is 5.98. The maximum Gasteiger partial charge on any atom is 0.119 e. The Hall–Kier alpha value is -1.40. The summed E-state index contributed by atoms with van der Waals surface area (Å²) in [5.41, 5.74) is 0.160. The highest BCUT2D eigenvalue weighted by molar-refractivity contribution is 5.24. The maximum absolute atomic E-state index is 12.0. The molecule has 1 aliphatic carbocycles. The molecule has 0 amide bonds. The first-order chi connectivity index (χ1) is 16.7. The molecule has 5 heteroatoms. The molecule has 4 nitrogen and oxygen atoms in total. The van der Waals surface area contributed by atoms with Gasteiger partial charge in [0.15, 0.2) is 0 Å². The van der Waals surface area contributed by atoms with Crippen molar-refractivity contribution in [2.45, 2.75) is 63.1 Å². The van der Waals surface area contributed by atoms with E-state index in [1.165, 1.54) is 45.2 Å². The molecule has 2 atom stereocenters. The average Bonchev–Trinajstić information content (AvgIpc) is 2.92. The number of hydrogen-bond acceptors (Lipinski definition) is 3. The van der Waals surface area contributed by atoms with Crippen molar-refractivity contribution in [3.05, 3.63) is 66.2 Å². The molecule has 2 bridgehead atoms. The summed E-state index contributed by atoms with van der Waals surface area (Å²) in [5.74, 6) is 1.90. The van der Waals surface area contributed by atoms with Crippen LogP contribution in [-0.2, 0) is 10.3 Å². The Morgan fingerprint density at radius 2 is 1.51 bits per heavy atom. The number of ether oxygens (including phenoxy) is 2. The van der Waals surface area contributed by atoms with Gasteiger partial charge in [0.25, 0.3) is 0 Å². The van der Waals surface area contributed by atoms with Crippen LogP contribution >= 0.6 is 0 Å². The number of rotatable bonds is 10. The quantitative estimate of drug-likeness (QED) is 0.369. The highest BCUT2D eigenvalue weighted by atomic mass is 79.9. The van der Waals surface area contributed by atoms with Gasteiger partial charge in [-0.1, -0.05) is 67.8 Å². The van der Waals surface area contributed by atoms with E-state index in [0.717, 1.165) is 54.8 Å². The minimum absolute atomic E-state index is 0. The van der Waals surface area contributed by atoms with Crippen molar-refractivity contribution in [2.75, 3.05) is 39.4 Å². The number of benzene rings is 2. The van der Waals surface area contributed by atoms with Crippen LogP contribution in [0.3, 0.4) is 0 Å². The van der Waals surface area contributed by atoms with E-state index < -0.39 is 5.60 Å². The summed E-state index contributed by atoms with van der Waals surface area (Å²) in [6, 6.07) is 20.5. The Morgan fingerprint density at radius 1 is 0.857 bits per heavy atom. The van der Waals surface area contributed by atoms with E-state index in [9.17, 15) is 5.11 Å². The van der Waals surface area contributed by atoms with Crippen LogP contribution in [-0.4, -0.2) is 55.1 Å². The number of para-hydroxylation sites is 1. The first kappa shape index (κ1) is 26.7. The van der Waals surface area contributed by atoms with Gasteiger partial charge in [-0.2, -0.15) is 0 Å². The van der Waals surface area contributed by atoms with Crippen molar-refractivity contribution >= 4 is 0 Å². The van der Waals surface area contributed by atoms with Gasteiger partial charge in [0.05, 0.1) is 32.8 Å². The molecule has 6 rings (SSSR count). The highest BCUT2D eigenvalue weighted by Gasteiger charge is 2.48. The second kappa shape index (κ2) is 12.2. The van der Waals surface area contributed by atoms with E-state index in [0.29, 0.717) is 18.4 Å². The maximum atomic E-state index is 12.0. The summed E-state index contributed by atoms with van der Waals surface area (Å²) >= 11 is 0. The molecule has 3 heterocycles. The summed E-state index contributed by atoms with van der Waals surface area (Å²) < 4.78 is 13.8. The molecule has 1 unspecified atom stereocenters. The van der Waals surface area contributed by atoms with Crippen LogP contribution < -0.4 is 21.7 Å². The van der Waals surface area contributed by atoms with Crippen LogP contribution in [0.15, 0.2) is 60.7 Å². The summed E-state index contributed by atoms with van der Waals surface area (Å²) in [7, 11) is 0. The Morgan fingerprint density at radius 3 is 2.20 bits per heavy atom. The van der Waals surface area contributed by atoms with Crippen LogP contribution in [0.4, 0.5) is 0 Å². The van der Waals surface area contributed by atoms with Gasteiger partial charge < -0.3 is 36.0 Å². The Bertz CT molecular complexity index is 881. The predicted octanol–water partition coefficient (Wildman–Crippen LogP) is 2.55. The lowest BCUT2D eigenvalue weighted by molar-refractivity contribution is -0.946. The third-order valence-corrected chi connectivity index (χ3v) is 8.90. The fraction of sp³-hybridized carbons (Fsp3) is 0.600. The SMILES string of the molecule is O[C@@](COC1C[N+]2(CCCOc3ccccc3)CCC1CC2)(c1ccccc1)C1CCCCC1.[Br-]. The van der Waals surface area contributed by atoms with Gasteiger partial charge in [-0.15, -0.1) is 0 Å². The minimum atomic E-state index is -0.873.